The molecule has 0 heterocycles. The lowest BCUT2D eigenvalue weighted by molar-refractivity contribution is 0.306. The number of unbranched alkanes of at least 4 members (excludes halogenated alkanes) is 2. The quantitative estimate of drug-likeness (QED) is 0.416. The van der Waals surface area contributed by atoms with Gasteiger partial charge in [-0.2, -0.15) is 0 Å². The fourth-order valence-electron chi connectivity index (χ4n) is 1.61. The molecule has 0 spiro atoms. The van der Waals surface area contributed by atoms with Gasteiger partial charge in [0.1, 0.15) is 5.75 Å². The van der Waals surface area contributed by atoms with Crippen molar-refractivity contribution >= 4 is 11.6 Å². The van der Waals surface area contributed by atoms with E-state index in [2.05, 4.69) is 31.8 Å². The molecule has 0 saturated carbocycles. The van der Waals surface area contributed by atoms with Crippen molar-refractivity contribution in [1.29, 1.82) is 0 Å². The first-order valence-corrected chi connectivity index (χ1v) is 7.09. The minimum absolute atomic E-state index is 0.588. The topological polar surface area (TPSA) is 9.23 Å². The zero-order valence-electron chi connectivity index (χ0n) is 11.3. The molecule has 2 heteroatoms. The normalized spacial score (nSPS) is 9.72. The maximum Gasteiger partial charge on any atom is 0.119 e. The molecule has 0 aliphatic carbocycles. The molecular formula is C16H21ClO. The molecule has 0 fully saturated rings. The fraction of sp³-hybridized carbons (Fsp3) is 0.500. The van der Waals surface area contributed by atoms with Crippen molar-refractivity contribution in [2.45, 2.75) is 39.5 Å². The molecule has 18 heavy (non-hydrogen) atoms. The van der Waals surface area contributed by atoms with Gasteiger partial charge in [0.2, 0.25) is 0 Å². The van der Waals surface area contributed by atoms with E-state index in [1.54, 1.807) is 0 Å². The predicted molar refractivity (Wildman–Crippen MR) is 78.4 cm³/mol. The highest BCUT2D eigenvalue weighted by Crippen LogP contribution is 2.17. The van der Waals surface area contributed by atoms with Crippen molar-refractivity contribution in [2.75, 3.05) is 12.5 Å². The second-order valence-corrected chi connectivity index (χ2v) is 4.65. The molecule has 0 aliphatic rings. The molecule has 0 amide bonds. The summed E-state index contributed by atoms with van der Waals surface area (Å²) >= 11 is 5.59. The van der Waals surface area contributed by atoms with E-state index in [0.29, 0.717) is 5.88 Å². The molecule has 0 unspecified atom stereocenters. The van der Waals surface area contributed by atoms with E-state index in [4.69, 9.17) is 16.3 Å². The van der Waals surface area contributed by atoms with E-state index >= 15 is 0 Å². The molecule has 0 saturated heterocycles. The number of ether oxygens (including phenoxy) is 1. The zero-order chi connectivity index (χ0) is 13.2. The van der Waals surface area contributed by atoms with E-state index in [-0.39, 0.29) is 0 Å². The van der Waals surface area contributed by atoms with Crippen LogP contribution in [0.3, 0.4) is 0 Å². The summed E-state index contributed by atoms with van der Waals surface area (Å²) in [6.45, 7) is 5.05. The minimum Gasteiger partial charge on any atom is -0.494 e. The Morgan fingerprint density at radius 3 is 2.78 bits per heavy atom. The Labute approximate surface area is 115 Å². The Bertz CT molecular complexity index is 415. The summed E-state index contributed by atoms with van der Waals surface area (Å²) in [5.74, 6) is 7.70. The highest BCUT2D eigenvalue weighted by molar-refractivity contribution is 6.18. The van der Waals surface area contributed by atoms with Gasteiger partial charge in [-0.05, 0) is 37.1 Å². The predicted octanol–water partition coefficient (Wildman–Crippen LogP) is 4.54. The largest absolute Gasteiger partial charge is 0.494 e. The van der Waals surface area contributed by atoms with Crippen molar-refractivity contribution in [3.63, 3.8) is 0 Å². The van der Waals surface area contributed by atoms with Crippen LogP contribution in [0, 0.1) is 18.8 Å². The number of hydrogen-bond donors (Lipinski definition) is 0. The summed E-state index contributed by atoms with van der Waals surface area (Å²) < 4.78 is 5.70. The molecule has 0 radical (unpaired) electrons. The van der Waals surface area contributed by atoms with Gasteiger partial charge in [0.15, 0.2) is 0 Å². The summed E-state index contributed by atoms with van der Waals surface area (Å²) in [5, 5.41) is 0. The van der Waals surface area contributed by atoms with Crippen molar-refractivity contribution in [3.8, 4) is 17.6 Å². The SMILES string of the molecule is CCCCCOc1ccc(C#CCCCl)c(C)c1. The van der Waals surface area contributed by atoms with Crippen LogP contribution in [0.4, 0.5) is 0 Å². The van der Waals surface area contributed by atoms with Crippen LogP contribution in [0.5, 0.6) is 5.75 Å². The van der Waals surface area contributed by atoms with Gasteiger partial charge >= 0.3 is 0 Å². The minimum atomic E-state index is 0.588. The number of hydrogen-bond acceptors (Lipinski definition) is 1. The van der Waals surface area contributed by atoms with Gasteiger partial charge in [0.25, 0.3) is 0 Å². The molecule has 0 aliphatic heterocycles. The van der Waals surface area contributed by atoms with Crippen molar-refractivity contribution < 1.29 is 4.74 Å². The van der Waals surface area contributed by atoms with Crippen LogP contribution < -0.4 is 4.74 Å². The van der Waals surface area contributed by atoms with Crippen LogP contribution in [0.1, 0.15) is 43.7 Å². The van der Waals surface area contributed by atoms with Gasteiger partial charge in [0.05, 0.1) is 6.61 Å². The van der Waals surface area contributed by atoms with Crippen molar-refractivity contribution in [1.82, 2.24) is 0 Å². The van der Waals surface area contributed by atoms with Gasteiger partial charge in [-0.15, -0.1) is 11.6 Å². The molecule has 0 atom stereocenters. The molecule has 0 aromatic heterocycles. The lowest BCUT2D eigenvalue weighted by atomic mass is 10.1. The van der Waals surface area contributed by atoms with Crippen LogP contribution in [0.2, 0.25) is 0 Å². The van der Waals surface area contributed by atoms with Crippen LogP contribution in [-0.4, -0.2) is 12.5 Å². The first-order chi connectivity index (χ1) is 8.77. The molecule has 0 bridgehead atoms. The second-order valence-electron chi connectivity index (χ2n) is 4.27. The van der Waals surface area contributed by atoms with E-state index < -0.39 is 0 Å². The van der Waals surface area contributed by atoms with Crippen LogP contribution in [-0.2, 0) is 0 Å². The standard InChI is InChI=1S/C16H21ClO/c1-3-4-7-12-18-16-10-9-15(14(2)13-16)8-5-6-11-17/h9-10,13H,3-4,6-7,11-12H2,1-2H3. The first kappa shape index (κ1) is 14.9. The maximum absolute atomic E-state index is 5.70. The summed E-state index contributed by atoms with van der Waals surface area (Å²) in [4.78, 5) is 0. The Morgan fingerprint density at radius 1 is 1.28 bits per heavy atom. The molecule has 1 aromatic rings. The highest BCUT2D eigenvalue weighted by Gasteiger charge is 1.98. The second kappa shape index (κ2) is 8.89. The smallest absolute Gasteiger partial charge is 0.119 e. The van der Waals surface area contributed by atoms with Gasteiger partial charge in [-0.3, -0.25) is 0 Å². The van der Waals surface area contributed by atoms with Gasteiger partial charge in [-0.1, -0.05) is 31.6 Å². The zero-order valence-corrected chi connectivity index (χ0v) is 12.0. The molecule has 1 rings (SSSR count). The monoisotopic (exact) mass is 264 g/mol. The van der Waals surface area contributed by atoms with Crippen molar-refractivity contribution in [3.05, 3.63) is 29.3 Å². The van der Waals surface area contributed by atoms with Crippen LogP contribution >= 0.6 is 11.6 Å². The molecule has 1 nitrogen and oxygen atoms in total. The van der Waals surface area contributed by atoms with E-state index in [1.165, 1.54) is 12.8 Å². The summed E-state index contributed by atoms with van der Waals surface area (Å²) in [6, 6.07) is 6.06. The summed E-state index contributed by atoms with van der Waals surface area (Å²) in [5.41, 5.74) is 2.21. The third-order valence-corrected chi connectivity index (χ3v) is 2.85. The lowest BCUT2D eigenvalue weighted by Gasteiger charge is -2.07. The number of alkyl halides is 1. The van der Waals surface area contributed by atoms with E-state index in [0.717, 1.165) is 36.3 Å². The molecule has 0 N–H and O–H groups in total. The highest BCUT2D eigenvalue weighted by atomic mass is 35.5. The number of rotatable bonds is 6. The Hall–Kier alpha value is -1.13. The maximum atomic E-state index is 5.70. The van der Waals surface area contributed by atoms with E-state index in [9.17, 15) is 0 Å². The number of benzene rings is 1. The number of aryl methyl sites for hydroxylation is 1. The average Bonchev–Trinajstić information content (AvgIpc) is 2.37. The third-order valence-electron chi connectivity index (χ3n) is 2.66. The molecule has 1 aromatic carbocycles. The molecule has 98 valence electrons. The average molecular weight is 265 g/mol. The number of halogens is 1. The van der Waals surface area contributed by atoms with E-state index in [1.807, 2.05) is 12.1 Å². The first-order valence-electron chi connectivity index (χ1n) is 6.56. The lowest BCUT2D eigenvalue weighted by Crippen LogP contribution is -1.97. The van der Waals surface area contributed by atoms with Crippen LogP contribution in [0.15, 0.2) is 18.2 Å². The Kier molecular flexibility index (Phi) is 7.37. The summed E-state index contributed by atoms with van der Waals surface area (Å²) in [7, 11) is 0. The molecular weight excluding hydrogens is 244 g/mol. The fourth-order valence-corrected chi connectivity index (χ4v) is 1.71. The van der Waals surface area contributed by atoms with Gasteiger partial charge in [0, 0.05) is 17.9 Å². The van der Waals surface area contributed by atoms with Gasteiger partial charge in [-0.25, -0.2) is 0 Å². The Morgan fingerprint density at radius 2 is 2.11 bits per heavy atom. The van der Waals surface area contributed by atoms with Gasteiger partial charge < -0.3 is 4.74 Å². The summed E-state index contributed by atoms with van der Waals surface area (Å²) in [6.07, 6.45) is 4.29. The third kappa shape index (κ3) is 5.47. The van der Waals surface area contributed by atoms with Crippen LogP contribution in [0.25, 0.3) is 0 Å². The Balaban J connectivity index is 2.54. The van der Waals surface area contributed by atoms with Crippen molar-refractivity contribution in [2.24, 2.45) is 0 Å².